The molecular formula is C14H23NOS. The minimum atomic E-state index is 0.479. The van der Waals surface area contributed by atoms with Gasteiger partial charge in [0.05, 0.1) is 12.7 Å². The van der Waals surface area contributed by atoms with Crippen LogP contribution in [-0.2, 0) is 17.9 Å². The largest absolute Gasteiger partial charge is 0.374 e. The summed E-state index contributed by atoms with van der Waals surface area (Å²) in [5.41, 5.74) is 6.98. The monoisotopic (exact) mass is 253 g/mol. The maximum absolute atomic E-state index is 6.02. The molecule has 0 aliphatic heterocycles. The van der Waals surface area contributed by atoms with Gasteiger partial charge in [0.1, 0.15) is 0 Å². The SMILES string of the molecule is Cc1sc(CN)cc1COC1CCC(C)CC1. The van der Waals surface area contributed by atoms with Crippen LogP contribution in [0.25, 0.3) is 0 Å². The van der Waals surface area contributed by atoms with Crippen LogP contribution in [0.3, 0.4) is 0 Å². The van der Waals surface area contributed by atoms with Crippen molar-refractivity contribution in [3.05, 3.63) is 21.4 Å². The van der Waals surface area contributed by atoms with E-state index in [1.54, 1.807) is 11.3 Å². The maximum Gasteiger partial charge on any atom is 0.0731 e. The van der Waals surface area contributed by atoms with E-state index in [1.165, 1.54) is 41.0 Å². The van der Waals surface area contributed by atoms with E-state index < -0.39 is 0 Å². The molecular weight excluding hydrogens is 230 g/mol. The Bertz CT molecular complexity index is 353. The Morgan fingerprint density at radius 3 is 2.65 bits per heavy atom. The van der Waals surface area contributed by atoms with E-state index in [2.05, 4.69) is 19.9 Å². The Hall–Kier alpha value is -0.380. The Morgan fingerprint density at radius 2 is 2.06 bits per heavy atom. The van der Waals surface area contributed by atoms with Crippen molar-refractivity contribution in [2.45, 2.75) is 58.8 Å². The lowest BCUT2D eigenvalue weighted by molar-refractivity contribution is 0.00872. The first kappa shape index (κ1) is 13.1. The fourth-order valence-corrected chi connectivity index (χ4v) is 3.36. The summed E-state index contributed by atoms with van der Waals surface area (Å²) >= 11 is 1.80. The summed E-state index contributed by atoms with van der Waals surface area (Å²) in [7, 11) is 0. The van der Waals surface area contributed by atoms with E-state index in [0.29, 0.717) is 12.6 Å². The van der Waals surface area contributed by atoms with Crippen molar-refractivity contribution in [3.8, 4) is 0 Å². The van der Waals surface area contributed by atoms with Crippen molar-refractivity contribution < 1.29 is 4.74 Å². The second-order valence-corrected chi connectivity index (χ2v) is 6.53. The summed E-state index contributed by atoms with van der Waals surface area (Å²) in [4.78, 5) is 2.62. The van der Waals surface area contributed by atoms with Gasteiger partial charge >= 0.3 is 0 Å². The molecule has 0 atom stereocenters. The van der Waals surface area contributed by atoms with E-state index in [0.717, 1.165) is 12.5 Å². The zero-order valence-corrected chi connectivity index (χ0v) is 11.7. The van der Waals surface area contributed by atoms with E-state index >= 15 is 0 Å². The Morgan fingerprint density at radius 1 is 1.35 bits per heavy atom. The van der Waals surface area contributed by atoms with Gasteiger partial charge in [0.15, 0.2) is 0 Å². The molecule has 2 rings (SSSR count). The van der Waals surface area contributed by atoms with Crippen molar-refractivity contribution in [1.82, 2.24) is 0 Å². The van der Waals surface area contributed by atoms with Crippen LogP contribution in [0, 0.1) is 12.8 Å². The minimum absolute atomic E-state index is 0.479. The lowest BCUT2D eigenvalue weighted by atomic mass is 9.89. The van der Waals surface area contributed by atoms with Crippen LogP contribution < -0.4 is 5.73 Å². The van der Waals surface area contributed by atoms with E-state index in [-0.39, 0.29) is 0 Å². The molecule has 0 bridgehead atoms. The van der Waals surface area contributed by atoms with Crippen molar-refractivity contribution in [1.29, 1.82) is 0 Å². The van der Waals surface area contributed by atoms with Gasteiger partial charge in [-0.05, 0) is 50.2 Å². The van der Waals surface area contributed by atoms with Crippen LogP contribution in [-0.4, -0.2) is 6.10 Å². The van der Waals surface area contributed by atoms with Gasteiger partial charge in [-0.2, -0.15) is 0 Å². The smallest absolute Gasteiger partial charge is 0.0731 e. The van der Waals surface area contributed by atoms with Gasteiger partial charge in [0, 0.05) is 16.3 Å². The molecule has 1 fully saturated rings. The second kappa shape index (κ2) is 5.98. The van der Waals surface area contributed by atoms with Gasteiger partial charge in [-0.15, -0.1) is 11.3 Å². The van der Waals surface area contributed by atoms with Gasteiger partial charge in [0.2, 0.25) is 0 Å². The van der Waals surface area contributed by atoms with Crippen LogP contribution in [0.4, 0.5) is 0 Å². The summed E-state index contributed by atoms with van der Waals surface area (Å²) in [5, 5.41) is 0. The lowest BCUT2D eigenvalue weighted by Crippen LogP contribution is -2.20. The Labute approximate surface area is 108 Å². The highest BCUT2D eigenvalue weighted by Crippen LogP contribution is 2.28. The third-order valence-electron chi connectivity index (χ3n) is 3.71. The summed E-state index contributed by atoms with van der Waals surface area (Å²) in [5.74, 6) is 0.890. The van der Waals surface area contributed by atoms with Crippen molar-refractivity contribution >= 4 is 11.3 Å². The quantitative estimate of drug-likeness (QED) is 0.889. The molecule has 1 aromatic rings. The molecule has 1 heterocycles. The fourth-order valence-electron chi connectivity index (χ4n) is 2.44. The molecule has 0 spiro atoms. The number of rotatable bonds is 4. The predicted molar refractivity (Wildman–Crippen MR) is 73.2 cm³/mol. The van der Waals surface area contributed by atoms with E-state index in [9.17, 15) is 0 Å². The molecule has 0 aromatic carbocycles. The highest BCUT2D eigenvalue weighted by Gasteiger charge is 2.19. The third-order valence-corrected chi connectivity index (χ3v) is 4.83. The van der Waals surface area contributed by atoms with Crippen LogP contribution in [0.1, 0.15) is 47.9 Å². The topological polar surface area (TPSA) is 35.2 Å². The standard InChI is InChI=1S/C14H23NOS/c1-10-3-5-13(6-4-10)16-9-12-7-14(8-15)17-11(12)2/h7,10,13H,3-6,8-9,15H2,1-2H3. The average molecular weight is 253 g/mol. The molecule has 17 heavy (non-hydrogen) atoms. The van der Waals surface area contributed by atoms with Gasteiger partial charge in [-0.1, -0.05) is 6.92 Å². The van der Waals surface area contributed by atoms with Crippen molar-refractivity contribution in [3.63, 3.8) is 0 Å². The predicted octanol–water partition coefficient (Wildman–Crippen LogP) is 3.61. The summed E-state index contributed by atoms with van der Waals surface area (Å²) in [6.45, 7) is 5.91. The molecule has 0 unspecified atom stereocenters. The second-order valence-electron chi connectivity index (χ2n) is 5.19. The number of hydrogen-bond donors (Lipinski definition) is 1. The van der Waals surface area contributed by atoms with Gasteiger partial charge in [-0.3, -0.25) is 0 Å². The Balaban J connectivity index is 1.83. The highest BCUT2D eigenvalue weighted by molar-refractivity contribution is 7.12. The molecule has 0 radical (unpaired) electrons. The number of aryl methyl sites for hydroxylation is 1. The first-order chi connectivity index (χ1) is 8.19. The van der Waals surface area contributed by atoms with Gasteiger partial charge < -0.3 is 10.5 Å². The fraction of sp³-hybridized carbons (Fsp3) is 0.714. The zero-order chi connectivity index (χ0) is 12.3. The van der Waals surface area contributed by atoms with E-state index in [4.69, 9.17) is 10.5 Å². The normalized spacial score (nSPS) is 25.1. The average Bonchev–Trinajstić information content (AvgIpc) is 2.69. The summed E-state index contributed by atoms with van der Waals surface area (Å²) in [6, 6.07) is 2.20. The third kappa shape index (κ3) is 3.54. The highest BCUT2D eigenvalue weighted by atomic mass is 32.1. The molecule has 0 saturated heterocycles. The van der Waals surface area contributed by atoms with Gasteiger partial charge in [0.25, 0.3) is 0 Å². The lowest BCUT2D eigenvalue weighted by Gasteiger charge is -2.26. The summed E-state index contributed by atoms with van der Waals surface area (Å²) in [6.07, 6.45) is 5.58. The van der Waals surface area contributed by atoms with Crippen LogP contribution in [0.15, 0.2) is 6.07 Å². The number of ether oxygens (including phenoxy) is 1. The van der Waals surface area contributed by atoms with Gasteiger partial charge in [-0.25, -0.2) is 0 Å². The molecule has 1 aromatic heterocycles. The maximum atomic E-state index is 6.02. The molecule has 0 amide bonds. The van der Waals surface area contributed by atoms with Crippen molar-refractivity contribution in [2.75, 3.05) is 0 Å². The molecule has 1 saturated carbocycles. The number of thiophene rings is 1. The molecule has 2 N–H and O–H groups in total. The molecule has 3 heteroatoms. The van der Waals surface area contributed by atoms with Crippen molar-refractivity contribution in [2.24, 2.45) is 11.7 Å². The molecule has 2 nitrogen and oxygen atoms in total. The van der Waals surface area contributed by atoms with Crippen LogP contribution >= 0.6 is 11.3 Å². The van der Waals surface area contributed by atoms with E-state index in [1.807, 2.05) is 0 Å². The molecule has 1 aliphatic carbocycles. The minimum Gasteiger partial charge on any atom is -0.374 e. The number of hydrogen-bond acceptors (Lipinski definition) is 3. The Kier molecular flexibility index (Phi) is 4.60. The van der Waals surface area contributed by atoms with Crippen LogP contribution in [0.5, 0.6) is 0 Å². The van der Waals surface area contributed by atoms with Crippen LogP contribution in [0.2, 0.25) is 0 Å². The number of nitrogens with two attached hydrogens (primary N) is 1. The first-order valence-corrected chi connectivity index (χ1v) is 7.40. The molecule has 96 valence electrons. The molecule has 1 aliphatic rings. The first-order valence-electron chi connectivity index (χ1n) is 6.59. The zero-order valence-electron chi connectivity index (χ0n) is 10.9. The summed E-state index contributed by atoms with van der Waals surface area (Å²) < 4.78 is 6.02.